The van der Waals surface area contributed by atoms with Crippen molar-refractivity contribution in [2.75, 3.05) is 26.7 Å². The zero-order chi connectivity index (χ0) is 19.0. The zero-order valence-electron chi connectivity index (χ0n) is 15.8. The lowest BCUT2D eigenvalue weighted by atomic mass is 9.73. The summed E-state index contributed by atoms with van der Waals surface area (Å²) in [7, 11) is 1.77. The Hall–Kier alpha value is -2.28. The summed E-state index contributed by atoms with van der Waals surface area (Å²) in [5, 5.41) is 11.8. The van der Waals surface area contributed by atoms with E-state index in [9.17, 15) is 4.79 Å². The fourth-order valence-electron chi connectivity index (χ4n) is 3.64. The molecule has 0 unspecified atom stereocenters. The standard InChI is InChI=1S/C20H28N4O2S/c1-21-19(23-12-11-22-18(25)16-7-5-13-26-16)24-15-20(9-3-2-4-10-20)17-8-6-14-27-17/h5-8,13-14H,2-4,9-12,15H2,1H3,(H,22,25)(H2,21,23,24). The van der Waals surface area contributed by atoms with E-state index in [1.54, 1.807) is 19.2 Å². The van der Waals surface area contributed by atoms with Gasteiger partial charge in [0.15, 0.2) is 11.7 Å². The average molecular weight is 389 g/mol. The molecule has 1 aliphatic rings. The summed E-state index contributed by atoms with van der Waals surface area (Å²) < 4.78 is 5.08. The van der Waals surface area contributed by atoms with Crippen molar-refractivity contribution in [3.8, 4) is 0 Å². The molecule has 0 aliphatic heterocycles. The maximum Gasteiger partial charge on any atom is 0.287 e. The number of amides is 1. The van der Waals surface area contributed by atoms with Crippen LogP contribution >= 0.6 is 11.3 Å². The molecule has 0 aromatic carbocycles. The van der Waals surface area contributed by atoms with Gasteiger partial charge in [0.05, 0.1) is 6.26 Å². The van der Waals surface area contributed by atoms with E-state index in [1.807, 2.05) is 11.3 Å². The van der Waals surface area contributed by atoms with E-state index in [1.165, 1.54) is 43.2 Å². The first-order valence-corrected chi connectivity index (χ1v) is 10.4. The van der Waals surface area contributed by atoms with Crippen LogP contribution in [0.2, 0.25) is 0 Å². The van der Waals surface area contributed by atoms with Crippen LogP contribution in [-0.4, -0.2) is 38.5 Å². The van der Waals surface area contributed by atoms with Crippen molar-refractivity contribution >= 4 is 23.2 Å². The van der Waals surface area contributed by atoms with Gasteiger partial charge in [-0.05, 0) is 36.4 Å². The number of carbonyl (C=O) groups excluding carboxylic acids is 1. The first kappa shape index (κ1) is 19.5. The topological polar surface area (TPSA) is 78.7 Å². The molecule has 0 radical (unpaired) electrons. The first-order chi connectivity index (χ1) is 13.2. The Bertz CT molecular complexity index is 719. The van der Waals surface area contributed by atoms with E-state index in [-0.39, 0.29) is 11.3 Å². The van der Waals surface area contributed by atoms with Gasteiger partial charge < -0.3 is 20.4 Å². The van der Waals surface area contributed by atoms with E-state index < -0.39 is 0 Å². The summed E-state index contributed by atoms with van der Waals surface area (Å²) in [4.78, 5) is 17.6. The summed E-state index contributed by atoms with van der Waals surface area (Å²) in [6, 6.07) is 7.76. The van der Waals surface area contributed by atoms with Gasteiger partial charge in [-0.2, -0.15) is 0 Å². The second-order valence-electron chi connectivity index (χ2n) is 6.90. The maximum absolute atomic E-state index is 11.8. The number of hydrogen-bond donors (Lipinski definition) is 3. The molecule has 0 saturated heterocycles. The number of thiophene rings is 1. The van der Waals surface area contributed by atoms with Gasteiger partial charge in [0.1, 0.15) is 0 Å². The van der Waals surface area contributed by atoms with Gasteiger partial charge in [-0.1, -0.05) is 25.3 Å². The lowest BCUT2D eigenvalue weighted by Gasteiger charge is -2.37. The molecule has 2 heterocycles. The minimum absolute atomic E-state index is 0.205. The Labute approximate surface area is 164 Å². The highest BCUT2D eigenvalue weighted by atomic mass is 32.1. The third kappa shape index (κ3) is 5.13. The smallest absolute Gasteiger partial charge is 0.287 e. The molecule has 1 fully saturated rings. The average Bonchev–Trinajstić information content (AvgIpc) is 3.42. The SMILES string of the molecule is CN=C(NCCNC(=O)c1ccco1)NCC1(c2cccs2)CCCCC1. The van der Waals surface area contributed by atoms with Crippen LogP contribution in [0.3, 0.4) is 0 Å². The predicted molar refractivity (Wildman–Crippen MR) is 109 cm³/mol. The Morgan fingerprint density at radius 3 is 2.63 bits per heavy atom. The highest BCUT2D eigenvalue weighted by molar-refractivity contribution is 7.10. The van der Waals surface area contributed by atoms with Crippen molar-refractivity contribution < 1.29 is 9.21 Å². The molecule has 3 N–H and O–H groups in total. The van der Waals surface area contributed by atoms with Crippen LogP contribution in [0.15, 0.2) is 45.3 Å². The highest BCUT2D eigenvalue weighted by Crippen LogP contribution is 2.41. The largest absolute Gasteiger partial charge is 0.459 e. The lowest BCUT2D eigenvalue weighted by Crippen LogP contribution is -2.47. The Balaban J connectivity index is 1.46. The van der Waals surface area contributed by atoms with Gasteiger partial charge >= 0.3 is 0 Å². The van der Waals surface area contributed by atoms with Gasteiger partial charge in [-0.15, -0.1) is 11.3 Å². The molecule has 1 saturated carbocycles. The van der Waals surface area contributed by atoms with Crippen LogP contribution in [0, 0.1) is 0 Å². The minimum atomic E-state index is -0.205. The monoisotopic (exact) mass is 388 g/mol. The predicted octanol–water partition coefficient (Wildman–Crippen LogP) is 3.14. The molecule has 0 atom stereocenters. The Morgan fingerprint density at radius 1 is 1.15 bits per heavy atom. The fourth-order valence-corrected chi connectivity index (χ4v) is 4.63. The van der Waals surface area contributed by atoms with Crippen molar-refractivity contribution in [1.82, 2.24) is 16.0 Å². The normalized spacial score (nSPS) is 16.7. The molecule has 7 heteroatoms. The van der Waals surface area contributed by atoms with Gasteiger partial charge in [-0.25, -0.2) is 0 Å². The molecule has 2 aromatic heterocycles. The minimum Gasteiger partial charge on any atom is -0.459 e. The molecule has 3 rings (SSSR count). The second kappa shape index (κ2) is 9.60. The van der Waals surface area contributed by atoms with Crippen molar-refractivity contribution in [1.29, 1.82) is 0 Å². The number of nitrogens with one attached hydrogen (secondary N) is 3. The lowest BCUT2D eigenvalue weighted by molar-refractivity contribution is 0.0926. The number of furan rings is 1. The molecule has 2 aromatic rings. The van der Waals surface area contributed by atoms with Crippen LogP contribution in [0.25, 0.3) is 0 Å². The van der Waals surface area contributed by atoms with Crippen molar-refractivity contribution in [3.63, 3.8) is 0 Å². The van der Waals surface area contributed by atoms with E-state index in [0.29, 0.717) is 18.8 Å². The number of rotatable bonds is 7. The summed E-state index contributed by atoms with van der Waals surface area (Å²) in [5.74, 6) is 0.889. The summed E-state index contributed by atoms with van der Waals surface area (Å²) in [6.07, 6.45) is 7.82. The molecular formula is C20H28N4O2S. The summed E-state index contributed by atoms with van der Waals surface area (Å²) >= 11 is 1.85. The molecule has 6 nitrogen and oxygen atoms in total. The summed E-state index contributed by atoms with van der Waals surface area (Å²) in [6.45, 7) is 1.97. The Kier molecular flexibility index (Phi) is 6.92. The van der Waals surface area contributed by atoms with Gasteiger partial charge in [0.25, 0.3) is 5.91 Å². The fraction of sp³-hybridized carbons (Fsp3) is 0.500. The van der Waals surface area contributed by atoms with Crippen LogP contribution in [-0.2, 0) is 5.41 Å². The molecule has 1 aliphatic carbocycles. The summed E-state index contributed by atoms with van der Waals surface area (Å²) in [5.41, 5.74) is 0.206. The van der Waals surface area contributed by atoms with Gasteiger partial charge in [0.2, 0.25) is 0 Å². The number of guanidine groups is 1. The quantitative estimate of drug-likeness (QED) is 0.387. The highest BCUT2D eigenvalue weighted by Gasteiger charge is 2.34. The van der Waals surface area contributed by atoms with E-state index in [0.717, 1.165) is 12.5 Å². The molecule has 0 bridgehead atoms. The van der Waals surface area contributed by atoms with Gasteiger partial charge in [-0.3, -0.25) is 9.79 Å². The number of carbonyl (C=O) groups is 1. The van der Waals surface area contributed by atoms with Crippen molar-refractivity contribution in [3.05, 3.63) is 46.5 Å². The van der Waals surface area contributed by atoms with Crippen LogP contribution < -0.4 is 16.0 Å². The number of aliphatic imine (C=N–C) groups is 1. The second-order valence-corrected chi connectivity index (χ2v) is 7.85. The number of nitrogens with zero attached hydrogens (tertiary/aromatic N) is 1. The maximum atomic E-state index is 11.8. The third-order valence-electron chi connectivity index (χ3n) is 5.12. The van der Waals surface area contributed by atoms with Crippen LogP contribution in [0.4, 0.5) is 0 Å². The number of hydrogen-bond acceptors (Lipinski definition) is 4. The van der Waals surface area contributed by atoms with E-state index >= 15 is 0 Å². The van der Waals surface area contributed by atoms with Gasteiger partial charge in [0, 0.05) is 37.0 Å². The zero-order valence-corrected chi connectivity index (χ0v) is 16.6. The van der Waals surface area contributed by atoms with Crippen molar-refractivity contribution in [2.45, 2.75) is 37.5 Å². The molecular weight excluding hydrogens is 360 g/mol. The Morgan fingerprint density at radius 2 is 1.96 bits per heavy atom. The molecule has 0 spiro atoms. The molecule has 146 valence electrons. The first-order valence-electron chi connectivity index (χ1n) is 9.54. The molecule has 27 heavy (non-hydrogen) atoms. The van der Waals surface area contributed by atoms with Crippen LogP contribution in [0.5, 0.6) is 0 Å². The van der Waals surface area contributed by atoms with Crippen LogP contribution in [0.1, 0.15) is 47.5 Å². The third-order valence-corrected chi connectivity index (χ3v) is 6.24. The van der Waals surface area contributed by atoms with E-state index in [2.05, 4.69) is 38.5 Å². The van der Waals surface area contributed by atoms with Crippen molar-refractivity contribution in [2.24, 2.45) is 4.99 Å². The molecule has 1 amide bonds. The van der Waals surface area contributed by atoms with E-state index in [4.69, 9.17) is 4.42 Å².